The van der Waals surface area contributed by atoms with E-state index in [1.807, 2.05) is 11.0 Å². The molecule has 2 rings (SSSR count). The SMILES string of the molecule is CC(C)(C)NCc1cccc(F)c1N1CCS(=O)CC1. The van der Waals surface area contributed by atoms with Gasteiger partial charge in [0.15, 0.2) is 0 Å². The molecule has 1 fully saturated rings. The van der Waals surface area contributed by atoms with E-state index in [1.54, 1.807) is 6.07 Å². The molecular weight excluding hydrogens is 275 g/mol. The summed E-state index contributed by atoms with van der Waals surface area (Å²) in [5.74, 6) is 1.06. The lowest BCUT2D eigenvalue weighted by molar-refractivity contribution is 0.423. The second-order valence-corrected chi connectivity index (χ2v) is 7.88. The van der Waals surface area contributed by atoms with Crippen LogP contribution in [0.5, 0.6) is 0 Å². The average molecular weight is 298 g/mol. The van der Waals surface area contributed by atoms with Crippen LogP contribution in [-0.2, 0) is 17.3 Å². The number of halogens is 1. The van der Waals surface area contributed by atoms with Crippen LogP contribution in [0.25, 0.3) is 0 Å². The summed E-state index contributed by atoms with van der Waals surface area (Å²) in [5.41, 5.74) is 1.63. The molecule has 0 bridgehead atoms. The van der Waals surface area contributed by atoms with E-state index in [9.17, 15) is 8.60 Å². The van der Waals surface area contributed by atoms with Gasteiger partial charge in [0.25, 0.3) is 0 Å². The maximum atomic E-state index is 14.2. The Morgan fingerprint density at radius 3 is 2.55 bits per heavy atom. The first-order valence-electron chi connectivity index (χ1n) is 6.99. The van der Waals surface area contributed by atoms with E-state index in [0.717, 1.165) is 5.56 Å². The van der Waals surface area contributed by atoms with Gasteiger partial charge in [0, 0.05) is 47.5 Å². The summed E-state index contributed by atoms with van der Waals surface area (Å²) in [6, 6.07) is 5.21. The van der Waals surface area contributed by atoms with Crippen LogP contribution < -0.4 is 10.2 Å². The van der Waals surface area contributed by atoms with E-state index in [4.69, 9.17) is 0 Å². The topological polar surface area (TPSA) is 32.3 Å². The quantitative estimate of drug-likeness (QED) is 0.929. The van der Waals surface area contributed by atoms with Gasteiger partial charge in [-0.2, -0.15) is 0 Å². The summed E-state index contributed by atoms with van der Waals surface area (Å²) >= 11 is 0. The molecule has 5 heteroatoms. The van der Waals surface area contributed by atoms with Gasteiger partial charge in [-0.3, -0.25) is 4.21 Å². The molecule has 0 aliphatic carbocycles. The molecule has 1 saturated heterocycles. The van der Waals surface area contributed by atoms with Crippen LogP contribution in [0.4, 0.5) is 10.1 Å². The molecule has 0 unspecified atom stereocenters. The van der Waals surface area contributed by atoms with Crippen molar-refractivity contribution >= 4 is 16.5 Å². The monoisotopic (exact) mass is 298 g/mol. The first-order chi connectivity index (χ1) is 9.37. The van der Waals surface area contributed by atoms with E-state index < -0.39 is 10.8 Å². The van der Waals surface area contributed by atoms with Gasteiger partial charge in [0.05, 0.1) is 5.69 Å². The van der Waals surface area contributed by atoms with E-state index in [-0.39, 0.29) is 11.4 Å². The minimum absolute atomic E-state index is 0.00696. The molecule has 1 heterocycles. The largest absolute Gasteiger partial charge is 0.367 e. The molecule has 0 aromatic heterocycles. The van der Waals surface area contributed by atoms with Crippen LogP contribution in [0.2, 0.25) is 0 Å². The molecule has 0 saturated carbocycles. The maximum Gasteiger partial charge on any atom is 0.146 e. The minimum atomic E-state index is -0.745. The number of anilines is 1. The zero-order valence-electron chi connectivity index (χ0n) is 12.4. The molecule has 1 aliphatic heterocycles. The summed E-state index contributed by atoms with van der Waals surface area (Å²) in [6.07, 6.45) is 0. The lowest BCUT2D eigenvalue weighted by Crippen LogP contribution is -2.40. The van der Waals surface area contributed by atoms with Crippen LogP contribution in [0.3, 0.4) is 0 Å². The highest BCUT2D eigenvalue weighted by atomic mass is 32.2. The molecule has 1 aromatic carbocycles. The van der Waals surface area contributed by atoms with Crippen LogP contribution in [0.1, 0.15) is 26.3 Å². The van der Waals surface area contributed by atoms with Gasteiger partial charge in [-0.15, -0.1) is 0 Å². The summed E-state index contributed by atoms with van der Waals surface area (Å²) in [7, 11) is -0.745. The number of para-hydroxylation sites is 1. The Labute approximate surface area is 123 Å². The zero-order chi connectivity index (χ0) is 14.8. The molecule has 0 spiro atoms. The molecule has 1 aromatic rings. The van der Waals surface area contributed by atoms with Gasteiger partial charge in [0.1, 0.15) is 5.82 Å². The van der Waals surface area contributed by atoms with Crippen molar-refractivity contribution in [3.63, 3.8) is 0 Å². The summed E-state index contributed by atoms with van der Waals surface area (Å²) in [4.78, 5) is 2.02. The van der Waals surface area contributed by atoms with Gasteiger partial charge in [-0.25, -0.2) is 4.39 Å². The molecule has 112 valence electrons. The van der Waals surface area contributed by atoms with Crippen molar-refractivity contribution in [2.24, 2.45) is 0 Å². The van der Waals surface area contributed by atoms with Crippen molar-refractivity contribution < 1.29 is 8.60 Å². The van der Waals surface area contributed by atoms with Crippen LogP contribution in [0.15, 0.2) is 18.2 Å². The maximum absolute atomic E-state index is 14.2. The van der Waals surface area contributed by atoms with E-state index in [0.29, 0.717) is 36.8 Å². The third-order valence-electron chi connectivity index (χ3n) is 3.37. The van der Waals surface area contributed by atoms with Gasteiger partial charge in [-0.05, 0) is 32.4 Å². The first-order valence-corrected chi connectivity index (χ1v) is 8.48. The van der Waals surface area contributed by atoms with E-state index in [2.05, 4.69) is 26.1 Å². The molecular formula is C15H23FN2OS. The predicted molar refractivity (Wildman–Crippen MR) is 83.1 cm³/mol. The van der Waals surface area contributed by atoms with E-state index >= 15 is 0 Å². The lowest BCUT2D eigenvalue weighted by Gasteiger charge is -2.31. The molecule has 3 nitrogen and oxygen atoms in total. The van der Waals surface area contributed by atoms with Crippen molar-refractivity contribution in [2.75, 3.05) is 29.5 Å². The van der Waals surface area contributed by atoms with Gasteiger partial charge in [-0.1, -0.05) is 12.1 Å². The fraction of sp³-hybridized carbons (Fsp3) is 0.600. The Bertz CT molecular complexity index is 489. The van der Waals surface area contributed by atoms with Crippen LogP contribution >= 0.6 is 0 Å². The van der Waals surface area contributed by atoms with Crippen molar-refractivity contribution in [2.45, 2.75) is 32.9 Å². The highest BCUT2D eigenvalue weighted by Crippen LogP contribution is 2.26. The van der Waals surface area contributed by atoms with Crippen molar-refractivity contribution in [1.82, 2.24) is 5.32 Å². The third-order valence-corrected chi connectivity index (χ3v) is 4.65. The third kappa shape index (κ3) is 4.03. The summed E-state index contributed by atoms with van der Waals surface area (Å²) in [6.45, 7) is 8.24. The van der Waals surface area contributed by atoms with Crippen molar-refractivity contribution in [3.8, 4) is 0 Å². The fourth-order valence-corrected chi connectivity index (χ4v) is 3.33. The van der Waals surface area contributed by atoms with Crippen LogP contribution in [-0.4, -0.2) is 34.3 Å². The number of hydrogen-bond donors (Lipinski definition) is 1. The highest BCUT2D eigenvalue weighted by molar-refractivity contribution is 7.85. The number of benzene rings is 1. The number of hydrogen-bond acceptors (Lipinski definition) is 3. The fourth-order valence-electron chi connectivity index (χ4n) is 2.28. The average Bonchev–Trinajstić information content (AvgIpc) is 2.37. The molecule has 1 N–H and O–H groups in total. The Morgan fingerprint density at radius 2 is 1.95 bits per heavy atom. The second kappa shape index (κ2) is 6.22. The van der Waals surface area contributed by atoms with Gasteiger partial charge >= 0.3 is 0 Å². The number of nitrogens with zero attached hydrogens (tertiary/aromatic N) is 1. The minimum Gasteiger partial charge on any atom is -0.367 e. The molecule has 0 atom stereocenters. The summed E-state index contributed by atoms with van der Waals surface area (Å²) in [5, 5.41) is 3.40. The van der Waals surface area contributed by atoms with Crippen LogP contribution in [0, 0.1) is 5.82 Å². The first kappa shape index (κ1) is 15.4. The van der Waals surface area contributed by atoms with Crippen molar-refractivity contribution in [3.05, 3.63) is 29.6 Å². The lowest BCUT2D eigenvalue weighted by atomic mass is 10.1. The summed E-state index contributed by atoms with van der Waals surface area (Å²) < 4.78 is 25.7. The predicted octanol–water partition coefficient (Wildman–Crippen LogP) is 2.28. The Morgan fingerprint density at radius 1 is 1.30 bits per heavy atom. The Kier molecular flexibility index (Phi) is 4.81. The number of nitrogens with one attached hydrogen (secondary N) is 1. The Hall–Kier alpha value is -0.940. The molecule has 0 amide bonds. The number of rotatable bonds is 3. The smallest absolute Gasteiger partial charge is 0.146 e. The van der Waals surface area contributed by atoms with Gasteiger partial charge in [0.2, 0.25) is 0 Å². The normalized spacial score (nSPS) is 17.5. The second-order valence-electron chi connectivity index (χ2n) is 6.19. The van der Waals surface area contributed by atoms with Gasteiger partial charge < -0.3 is 10.2 Å². The Balaban J connectivity index is 2.20. The zero-order valence-corrected chi connectivity index (χ0v) is 13.2. The van der Waals surface area contributed by atoms with E-state index in [1.165, 1.54) is 6.07 Å². The molecule has 0 radical (unpaired) electrons. The standard InChI is InChI=1S/C15H23FN2OS/c1-15(2,3)17-11-12-5-4-6-13(16)14(12)18-7-9-20(19)10-8-18/h4-6,17H,7-11H2,1-3H3. The van der Waals surface area contributed by atoms with Crippen molar-refractivity contribution in [1.29, 1.82) is 0 Å². The molecule has 20 heavy (non-hydrogen) atoms. The highest BCUT2D eigenvalue weighted by Gasteiger charge is 2.21. The molecule has 1 aliphatic rings.